The highest BCUT2D eigenvalue weighted by Crippen LogP contribution is 2.31. The summed E-state index contributed by atoms with van der Waals surface area (Å²) < 4.78 is 0. The molecule has 0 radical (unpaired) electrons. The molecule has 112 valence electrons. The van der Waals surface area contributed by atoms with Gasteiger partial charge in [-0.1, -0.05) is 18.2 Å². The van der Waals surface area contributed by atoms with Gasteiger partial charge in [0.25, 0.3) is 5.91 Å². The lowest BCUT2D eigenvalue weighted by molar-refractivity contribution is -0.135. The van der Waals surface area contributed by atoms with Gasteiger partial charge in [0.1, 0.15) is 12.7 Å². The summed E-state index contributed by atoms with van der Waals surface area (Å²) in [4.78, 5) is 26.9. The average molecular weight is 289 g/mol. The molecule has 0 saturated carbocycles. The molecule has 6 nitrogen and oxygen atoms in total. The summed E-state index contributed by atoms with van der Waals surface area (Å²) in [6, 6.07) is 7.26. The highest BCUT2D eigenvalue weighted by atomic mass is 16.4. The normalized spacial score (nSPS) is 17.1. The Morgan fingerprint density at radius 1 is 1.29 bits per heavy atom. The van der Waals surface area contributed by atoms with E-state index in [1.807, 2.05) is 43.4 Å². The maximum atomic E-state index is 12.2. The predicted octanol–water partition coefficient (Wildman–Crippen LogP) is 1.24. The summed E-state index contributed by atoms with van der Waals surface area (Å²) in [5.41, 5.74) is 1.35. The number of benzene rings is 1. The molecule has 0 aliphatic carbocycles. The summed E-state index contributed by atoms with van der Waals surface area (Å²) in [5, 5.41) is 11.1. The highest BCUT2D eigenvalue weighted by molar-refractivity contribution is 5.97. The van der Waals surface area contributed by atoms with Crippen LogP contribution in [0.25, 0.3) is 0 Å². The third-order valence-electron chi connectivity index (χ3n) is 3.44. The molecule has 1 aliphatic rings. The van der Waals surface area contributed by atoms with Gasteiger partial charge in [-0.25, -0.2) is 0 Å². The third-order valence-corrected chi connectivity index (χ3v) is 3.44. The number of nitrogens with one attached hydrogen (secondary N) is 1. The van der Waals surface area contributed by atoms with Crippen molar-refractivity contribution in [1.29, 1.82) is 0 Å². The van der Waals surface area contributed by atoms with Gasteiger partial charge in [0, 0.05) is 37.1 Å². The van der Waals surface area contributed by atoms with Gasteiger partial charge in [0.2, 0.25) is 0 Å². The lowest BCUT2D eigenvalue weighted by Gasteiger charge is -2.31. The van der Waals surface area contributed by atoms with Gasteiger partial charge in [-0.15, -0.1) is 0 Å². The summed E-state index contributed by atoms with van der Waals surface area (Å²) in [5.74, 6) is -1.43. The minimum absolute atomic E-state index is 0.0539. The molecular weight excluding hydrogens is 270 g/mol. The number of carboxylic acids is 1. The van der Waals surface area contributed by atoms with Crippen molar-refractivity contribution in [1.82, 2.24) is 15.1 Å². The summed E-state index contributed by atoms with van der Waals surface area (Å²) in [7, 11) is 1.95. The Bertz CT molecular complexity index is 571. The molecule has 0 bridgehead atoms. The van der Waals surface area contributed by atoms with Crippen molar-refractivity contribution in [2.24, 2.45) is 0 Å². The Balaban J connectivity index is 2.28. The predicted molar refractivity (Wildman–Crippen MR) is 78.4 cm³/mol. The van der Waals surface area contributed by atoms with Gasteiger partial charge in [-0.3, -0.25) is 9.59 Å². The van der Waals surface area contributed by atoms with Crippen molar-refractivity contribution < 1.29 is 14.7 Å². The van der Waals surface area contributed by atoms with Crippen LogP contribution in [0, 0.1) is 0 Å². The highest BCUT2D eigenvalue weighted by Gasteiger charge is 2.27. The second-order valence-electron chi connectivity index (χ2n) is 4.83. The first-order valence-corrected chi connectivity index (χ1v) is 6.79. The van der Waals surface area contributed by atoms with E-state index in [-0.39, 0.29) is 18.6 Å². The van der Waals surface area contributed by atoms with Crippen LogP contribution < -0.4 is 5.32 Å². The van der Waals surface area contributed by atoms with Crippen molar-refractivity contribution in [3.05, 3.63) is 47.8 Å². The number of rotatable bonds is 5. The molecule has 0 aromatic heterocycles. The van der Waals surface area contributed by atoms with Crippen LogP contribution in [0.5, 0.6) is 0 Å². The Morgan fingerprint density at radius 2 is 2.00 bits per heavy atom. The van der Waals surface area contributed by atoms with Crippen LogP contribution in [0.4, 0.5) is 0 Å². The molecule has 0 spiro atoms. The van der Waals surface area contributed by atoms with Crippen LogP contribution in [0.15, 0.2) is 36.7 Å². The van der Waals surface area contributed by atoms with Gasteiger partial charge in [-0.2, -0.15) is 0 Å². The molecule has 1 atom stereocenters. The fourth-order valence-electron chi connectivity index (χ4n) is 2.44. The van der Waals surface area contributed by atoms with Crippen LogP contribution in [-0.2, 0) is 4.79 Å². The zero-order chi connectivity index (χ0) is 15.4. The second kappa shape index (κ2) is 6.30. The zero-order valence-electron chi connectivity index (χ0n) is 12.1. The van der Waals surface area contributed by atoms with Gasteiger partial charge in [0.15, 0.2) is 0 Å². The molecule has 2 N–H and O–H groups in total. The Morgan fingerprint density at radius 3 is 2.67 bits per heavy atom. The molecule has 1 heterocycles. The SMILES string of the molecule is CCN1C=CN(C)C1c1ccccc1C(=O)NCC(=O)O. The molecule has 1 aliphatic heterocycles. The molecule has 1 aromatic carbocycles. The number of aliphatic carboxylic acids is 1. The maximum Gasteiger partial charge on any atom is 0.322 e. The molecular formula is C15H19N3O3. The molecule has 2 rings (SSSR count). The van der Waals surface area contributed by atoms with E-state index in [4.69, 9.17) is 5.11 Å². The minimum atomic E-state index is -1.06. The van der Waals surface area contributed by atoms with E-state index in [1.54, 1.807) is 12.1 Å². The Labute approximate surface area is 123 Å². The van der Waals surface area contributed by atoms with E-state index >= 15 is 0 Å². The minimum Gasteiger partial charge on any atom is -0.480 e. The molecule has 1 aromatic rings. The first-order valence-electron chi connectivity index (χ1n) is 6.79. The van der Waals surface area contributed by atoms with E-state index < -0.39 is 5.97 Å². The van der Waals surface area contributed by atoms with Crippen LogP contribution in [0.3, 0.4) is 0 Å². The lowest BCUT2D eigenvalue weighted by Crippen LogP contribution is -2.33. The number of hydrogen-bond acceptors (Lipinski definition) is 4. The van der Waals surface area contributed by atoms with Crippen molar-refractivity contribution in [3.8, 4) is 0 Å². The van der Waals surface area contributed by atoms with E-state index in [0.29, 0.717) is 5.56 Å². The Hall–Kier alpha value is -2.50. The number of amides is 1. The lowest BCUT2D eigenvalue weighted by atomic mass is 10.0. The largest absolute Gasteiger partial charge is 0.480 e. The topological polar surface area (TPSA) is 72.9 Å². The fourth-order valence-corrected chi connectivity index (χ4v) is 2.44. The first kappa shape index (κ1) is 14.9. The summed E-state index contributed by atoms with van der Waals surface area (Å²) >= 11 is 0. The summed E-state index contributed by atoms with van der Waals surface area (Å²) in [6.07, 6.45) is 3.89. The molecule has 0 saturated heterocycles. The molecule has 6 heteroatoms. The number of nitrogens with zero attached hydrogens (tertiary/aromatic N) is 2. The van der Waals surface area contributed by atoms with Crippen molar-refractivity contribution in [3.63, 3.8) is 0 Å². The maximum absolute atomic E-state index is 12.2. The smallest absolute Gasteiger partial charge is 0.322 e. The van der Waals surface area contributed by atoms with E-state index in [2.05, 4.69) is 10.2 Å². The van der Waals surface area contributed by atoms with Gasteiger partial charge >= 0.3 is 5.97 Å². The van der Waals surface area contributed by atoms with Crippen LogP contribution in [0.2, 0.25) is 0 Å². The summed E-state index contributed by atoms with van der Waals surface area (Å²) in [6.45, 7) is 2.48. The Kier molecular flexibility index (Phi) is 4.47. The number of carbonyl (C=O) groups excluding carboxylic acids is 1. The molecule has 1 amide bonds. The molecule has 1 unspecified atom stereocenters. The first-order chi connectivity index (χ1) is 10.0. The monoisotopic (exact) mass is 289 g/mol. The van der Waals surface area contributed by atoms with Gasteiger partial charge in [-0.05, 0) is 13.0 Å². The standard InChI is InChI=1S/C15H19N3O3/c1-3-18-9-8-17(2)15(18)12-7-5-4-6-11(12)14(21)16-10-13(19)20/h4-9,15H,3,10H2,1-2H3,(H,16,21)(H,19,20). The second-order valence-corrected chi connectivity index (χ2v) is 4.83. The third kappa shape index (κ3) is 3.16. The van der Waals surface area contributed by atoms with Crippen molar-refractivity contribution in [2.75, 3.05) is 20.1 Å². The average Bonchev–Trinajstić information content (AvgIpc) is 2.85. The quantitative estimate of drug-likeness (QED) is 0.853. The van der Waals surface area contributed by atoms with E-state index in [1.165, 1.54) is 0 Å². The van der Waals surface area contributed by atoms with Gasteiger partial charge in [0.05, 0.1) is 0 Å². The van der Waals surface area contributed by atoms with Crippen molar-refractivity contribution >= 4 is 11.9 Å². The molecule has 0 fully saturated rings. The fraction of sp³-hybridized carbons (Fsp3) is 0.333. The van der Waals surface area contributed by atoms with E-state index in [0.717, 1.165) is 12.1 Å². The number of hydrogen-bond donors (Lipinski definition) is 2. The molecule has 21 heavy (non-hydrogen) atoms. The van der Waals surface area contributed by atoms with E-state index in [9.17, 15) is 9.59 Å². The van der Waals surface area contributed by atoms with Crippen molar-refractivity contribution in [2.45, 2.75) is 13.1 Å². The number of carbonyl (C=O) groups is 2. The van der Waals surface area contributed by atoms with Crippen LogP contribution in [-0.4, -0.2) is 46.9 Å². The zero-order valence-corrected chi connectivity index (χ0v) is 12.1. The van der Waals surface area contributed by atoms with Gasteiger partial charge < -0.3 is 20.2 Å². The van der Waals surface area contributed by atoms with Crippen LogP contribution >= 0.6 is 0 Å². The van der Waals surface area contributed by atoms with Crippen LogP contribution in [0.1, 0.15) is 29.0 Å². The number of carboxylic acid groups (broad SMARTS) is 1.